The van der Waals surface area contributed by atoms with E-state index in [0.29, 0.717) is 5.52 Å². The molecule has 0 aliphatic carbocycles. The fraction of sp³-hybridized carbons (Fsp3) is 0. The molecule has 4 nitrogen and oxygen atoms in total. The zero-order chi connectivity index (χ0) is 9.42. The minimum absolute atomic E-state index is 0.179. The van der Waals surface area contributed by atoms with Crippen molar-refractivity contribution in [3.63, 3.8) is 0 Å². The Kier molecular flexibility index (Phi) is 1.51. The predicted molar refractivity (Wildman–Crippen MR) is 42.8 cm³/mol. The van der Waals surface area contributed by atoms with E-state index in [-0.39, 0.29) is 5.39 Å². The van der Waals surface area contributed by atoms with E-state index in [2.05, 4.69) is 9.97 Å². The van der Waals surface area contributed by atoms with Crippen molar-refractivity contribution in [3.05, 3.63) is 24.0 Å². The summed E-state index contributed by atoms with van der Waals surface area (Å²) < 4.78 is 12.7. The topological polar surface area (TPSA) is 66.2 Å². The quantitative estimate of drug-likeness (QED) is 0.638. The highest BCUT2D eigenvalue weighted by atomic mass is 19.1. The molecule has 0 saturated carbocycles. The molecule has 0 amide bonds. The molecule has 0 atom stereocenters. The lowest BCUT2D eigenvalue weighted by atomic mass is 10.2. The third kappa shape index (κ3) is 1.24. The lowest BCUT2D eigenvalue weighted by Gasteiger charge is -1.99. The Bertz CT molecular complexity index is 473. The maximum absolute atomic E-state index is 12.7. The predicted octanol–water partition coefficient (Wildman–Crippen LogP) is 1.18. The average molecular weight is 180 g/mol. The summed E-state index contributed by atoms with van der Waals surface area (Å²) in [5.41, 5.74) is 0.298. The summed E-state index contributed by atoms with van der Waals surface area (Å²) in [7, 11) is 0. The first kappa shape index (κ1) is 7.72. The third-order valence-electron chi connectivity index (χ3n) is 1.63. The van der Waals surface area contributed by atoms with E-state index in [1.54, 1.807) is 0 Å². The second kappa shape index (κ2) is 2.55. The molecule has 1 aromatic carbocycles. The molecule has 0 unspecified atom stereocenters. The molecule has 1 heterocycles. The summed E-state index contributed by atoms with van der Waals surface area (Å²) in [5.74, 6) is -0.918. The number of rotatable bonds is 0. The van der Waals surface area contributed by atoms with Gasteiger partial charge in [0.1, 0.15) is 5.82 Å². The van der Waals surface area contributed by atoms with E-state index < -0.39 is 17.7 Å². The fourth-order valence-electron chi connectivity index (χ4n) is 1.07. The second-order valence-electron chi connectivity index (χ2n) is 2.51. The molecule has 0 fully saturated rings. The van der Waals surface area contributed by atoms with Crippen molar-refractivity contribution in [2.45, 2.75) is 0 Å². The van der Waals surface area contributed by atoms with Gasteiger partial charge in [-0.25, -0.2) is 4.39 Å². The highest BCUT2D eigenvalue weighted by molar-refractivity contribution is 5.83. The minimum Gasteiger partial charge on any atom is -0.493 e. The number of nitrogens with zero attached hydrogens (tertiary/aromatic N) is 2. The Labute approximate surface area is 72.3 Å². The van der Waals surface area contributed by atoms with Crippen molar-refractivity contribution in [3.8, 4) is 11.9 Å². The molecule has 0 spiro atoms. The summed E-state index contributed by atoms with van der Waals surface area (Å²) in [6, 6.07) is 3.11. The Morgan fingerprint density at radius 1 is 1.15 bits per heavy atom. The lowest BCUT2D eigenvalue weighted by molar-refractivity contribution is 0.403. The number of hydrogen-bond acceptors (Lipinski definition) is 4. The normalized spacial score (nSPS) is 10.5. The maximum atomic E-state index is 12.7. The molecule has 2 aromatic rings. The zero-order valence-electron chi connectivity index (χ0n) is 6.40. The van der Waals surface area contributed by atoms with E-state index in [4.69, 9.17) is 5.11 Å². The van der Waals surface area contributed by atoms with Gasteiger partial charge in [-0.3, -0.25) is 0 Å². The summed E-state index contributed by atoms with van der Waals surface area (Å²) in [4.78, 5) is 6.87. The largest absolute Gasteiger partial charge is 0.493 e. The maximum Gasteiger partial charge on any atom is 0.317 e. The van der Waals surface area contributed by atoms with Crippen molar-refractivity contribution in [2.75, 3.05) is 0 Å². The van der Waals surface area contributed by atoms with Crippen LogP contribution in [0.25, 0.3) is 10.9 Å². The SMILES string of the molecule is Oc1nc(O)c2cc(F)ccc2n1. The molecular formula is C8H5FN2O2. The lowest BCUT2D eigenvalue weighted by Crippen LogP contribution is -1.86. The highest BCUT2D eigenvalue weighted by Gasteiger charge is 2.05. The first-order valence-corrected chi connectivity index (χ1v) is 3.52. The van der Waals surface area contributed by atoms with Crippen molar-refractivity contribution in [1.82, 2.24) is 9.97 Å². The van der Waals surface area contributed by atoms with Gasteiger partial charge >= 0.3 is 6.01 Å². The van der Waals surface area contributed by atoms with Crippen molar-refractivity contribution in [1.29, 1.82) is 0 Å². The molecule has 2 N–H and O–H groups in total. The monoisotopic (exact) mass is 180 g/mol. The van der Waals surface area contributed by atoms with Crippen molar-refractivity contribution < 1.29 is 14.6 Å². The van der Waals surface area contributed by atoms with E-state index in [1.165, 1.54) is 12.1 Å². The van der Waals surface area contributed by atoms with Gasteiger partial charge in [0.25, 0.3) is 0 Å². The van der Waals surface area contributed by atoms with Crippen molar-refractivity contribution in [2.24, 2.45) is 0 Å². The van der Waals surface area contributed by atoms with Crippen LogP contribution in [0.15, 0.2) is 18.2 Å². The molecule has 13 heavy (non-hydrogen) atoms. The second-order valence-corrected chi connectivity index (χ2v) is 2.51. The molecule has 5 heteroatoms. The Morgan fingerprint density at radius 3 is 2.69 bits per heavy atom. The van der Waals surface area contributed by atoms with Crippen LogP contribution in [0.3, 0.4) is 0 Å². The molecule has 0 radical (unpaired) electrons. The van der Waals surface area contributed by atoms with Crippen molar-refractivity contribution >= 4 is 10.9 Å². The number of benzene rings is 1. The molecular weight excluding hydrogens is 175 g/mol. The summed E-state index contributed by atoms with van der Waals surface area (Å²) in [6.45, 7) is 0. The molecule has 2 rings (SSSR count). The standard InChI is InChI=1S/C8H5FN2O2/c9-4-1-2-6-5(3-4)7(12)11-8(13)10-6/h1-3H,(H2,10,11,12,13). The molecule has 0 aliphatic rings. The molecule has 0 bridgehead atoms. The molecule has 0 aliphatic heterocycles. The van der Waals surface area contributed by atoms with Crippen LogP contribution in [0.2, 0.25) is 0 Å². The van der Waals surface area contributed by atoms with Gasteiger partial charge in [-0.05, 0) is 18.2 Å². The molecule has 66 valence electrons. The minimum atomic E-state index is -0.531. The van der Waals surface area contributed by atoms with E-state index in [9.17, 15) is 9.50 Å². The summed E-state index contributed by atoms with van der Waals surface area (Å²) in [5, 5.41) is 18.3. The van der Waals surface area contributed by atoms with Gasteiger partial charge in [-0.2, -0.15) is 9.97 Å². The average Bonchev–Trinajstić information content (AvgIpc) is 2.06. The zero-order valence-corrected chi connectivity index (χ0v) is 6.40. The van der Waals surface area contributed by atoms with Gasteiger partial charge in [0.05, 0.1) is 10.9 Å². The van der Waals surface area contributed by atoms with E-state index >= 15 is 0 Å². The Balaban J connectivity index is 2.87. The van der Waals surface area contributed by atoms with Gasteiger partial charge < -0.3 is 10.2 Å². The van der Waals surface area contributed by atoms with Crippen LogP contribution in [0.5, 0.6) is 11.9 Å². The Morgan fingerprint density at radius 2 is 1.92 bits per heavy atom. The van der Waals surface area contributed by atoms with Crippen LogP contribution < -0.4 is 0 Å². The number of aromatic hydroxyl groups is 2. The van der Waals surface area contributed by atoms with Crippen LogP contribution in [0.4, 0.5) is 4.39 Å². The number of halogens is 1. The first-order valence-electron chi connectivity index (χ1n) is 3.52. The summed E-state index contributed by atoms with van der Waals surface area (Å²) in [6.07, 6.45) is 0. The van der Waals surface area contributed by atoms with E-state index in [1.807, 2.05) is 0 Å². The van der Waals surface area contributed by atoms with Gasteiger partial charge in [0.15, 0.2) is 0 Å². The van der Waals surface area contributed by atoms with Crippen LogP contribution in [0, 0.1) is 5.82 Å². The fourth-order valence-corrected chi connectivity index (χ4v) is 1.07. The molecule has 0 saturated heterocycles. The third-order valence-corrected chi connectivity index (χ3v) is 1.63. The van der Waals surface area contributed by atoms with Crippen LogP contribution >= 0.6 is 0 Å². The number of hydrogen-bond donors (Lipinski definition) is 2. The number of aromatic nitrogens is 2. The Hall–Kier alpha value is -1.91. The highest BCUT2D eigenvalue weighted by Crippen LogP contribution is 2.23. The molecule has 1 aromatic heterocycles. The van der Waals surface area contributed by atoms with Gasteiger partial charge in [-0.15, -0.1) is 0 Å². The van der Waals surface area contributed by atoms with E-state index in [0.717, 1.165) is 6.07 Å². The smallest absolute Gasteiger partial charge is 0.317 e. The van der Waals surface area contributed by atoms with Crippen LogP contribution in [-0.2, 0) is 0 Å². The van der Waals surface area contributed by atoms with Gasteiger partial charge in [-0.1, -0.05) is 0 Å². The van der Waals surface area contributed by atoms with Crippen LogP contribution in [-0.4, -0.2) is 20.2 Å². The summed E-state index contributed by atoms with van der Waals surface area (Å²) >= 11 is 0. The van der Waals surface area contributed by atoms with Crippen LogP contribution in [0.1, 0.15) is 0 Å². The van der Waals surface area contributed by atoms with Gasteiger partial charge in [0, 0.05) is 0 Å². The first-order chi connectivity index (χ1) is 6.16. The van der Waals surface area contributed by atoms with Gasteiger partial charge in [0.2, 0.25) is 5.88 Å². The number of fused-ring (bicyclic) bond motifs is 1.